The second-order valence-corrected chi connectivity index (χ2v) is 4.37. The maximum absolute atomic E-state index is 10.1. The Morgan fingerprint density at radius 3 is 2.39 bits per heavy atom. The normalized spacial score (nSPS) is 12.3. The maximum atomic E-state index is 10.1. The van der Waals surface area contributed by atoms with Crippen LogP contribution in [0.5, 0.6) is 0 Å². The third kappa shape index (κ3) is 3.42. The summed E-state index contributed by atoms with van der Waals surface area (Å²) in [4.78, 5) is 0. The first kappa shape index (κ1) is 12.8. The van der Waals surface area contributed by atoms with Gasteiger partial charge in [-0.2, -0.15) is 0 Å². The predicted octanol–water partition coefficient (Wildman–Crippen LogP) is 3.25. The lowest BCUT2D eigenvalue weighted by atomic mass is 10.0. The van der Waals surface area contributed by atoms with Gasteiger partial charge in [-0.05, 0) is 23.6 Å². The predicted molar refractivity (Wildman–Crippen MR) is 72.2 cm³/mol. The topological polar surface area (TPSA) is 29.5 Å². The molecule has 0 radical (unpaired) electrons. The minimum atomic E-state index is -0.560. The molecule has 94 valence electrons. The number of aryl methyl sites for hydroxylation is 1. The molecule has 0 amide bonds. The molecule has 0 fully saturated rings. The quantitative estimate of drug-likeness (QED) is 0.872. The van der Waals surface area contributed by atoms with E-state index in [1.165, 1.54) is 0 Å². The Kier molecular flexibility index (Phi) is 4.51. The molecule has 1 atom stereocenters. The molecule has 1 unspecified atom stereocenters. The SMILES string of the molecule is Cc1ccccc1C(O)COCc1ccccc1. The van der Waals surface area contributed by atoms with E-state index in [1.807, 2.05) is 61.5 Å². The van der Waals surface area contributed by atoms with E-state index in [0.29, 0.717) is 13.2 Å². The third-order valence-corrected chi connectivity index (χ3v) is 2.93. The van der Waals surface area contributed by atoms with Crippen molar-refractivity contribution >= 4 is 0 Å². The highest BCUT2D eigenvalue weighted by Crippen LogP contribution is 2.17. The van der Waals surface area contributed by atoms with Crippen LogP contribution in [0, 0.1) is 6.92 Å². The molecule has 18 heavy (non-hydrogen) atoms. The fraction of sp³-hybridized carbons (Fsp3) is 0.250. The number of ether oxygens (including phenoxy) is 1. The van der Waals surface area contributed by atoms with Gasteiger partial charge in [0.2, 0.25) is 0 Å². The van der Waals surface area contributed by atoms with E-state index >= 15 is 0 Å². The highest BCUT2D eigenvalue weighted by Gasteiger charge is 2.09. The third-order valence-electron chi connectivity index (χ3n) is 2.93. The second kappa shape index (κ2) is 6.34. The van der Waals surface area contributed by atoms with Crippen LogP contribution in [-0.4, -0.2) is 11.7 Å². The van der Waals surface area contributed by atoms with Crippen LogP contribution >= 0.6 is 0 Å². The maximum Gasteiger partial charge on any atom is 0.103 e. The standard InChI is InChI=1S/C16H18O2/c1-13-7-5-6-10-15(13)16(17)12-18-11-14-8-3-2-4-9-14/h2-10,16-17H,11-12H2,1H3. The van der Waals surface area contributed by atoms with Crippen molar-refractivity contribution in [2.45, 2.75) is 19.6 Å². The molecule has 0 saturated carbocycles. The zero-order valence-corrected chi connectivity index (χ0v) is 10.5. The van der Waals surface area contributed by atoms with Gasteiger partial charge in [0.1, 0.15) is 6.10 Å². The van der Waals surface area contributed by atoms with Crippen molar-refractivity contribution in [3.8, 4) is 0 Å². The monoisotopic (exact) mass is 242 g/mol. The smallest absolute Gasteiger partial charge is 0.103 e. The second-order valence-electron chi connectivity index (χ2n) is 4.37. The molecule has 0 aliphatic rings. The van der Waals surface area contributed by atoms with E-state index in [0.717, 1.165) is 16.7 Å². The van der Waals surface area contributed by atoms with Crippen LogP contribution in [0.15, 0.2) is 54.6 Å². The molecule has 2 rings (SSSR count). The van der Waals surface area contributed by atoms with E-state index < -0.39 is 6.10 Å². The van der Waals surface area contributed by atoms with E-state index in [2.05, 4.69) is 0 Å². The van der Waals surface area contributed by atoms with Crippen LogP contribution in [0.25, 0.3) is 0 Å². The number of benzene rings is 2. The summed E-state index contributed by atoms with van der Waals surface area (Å²) < 4.78 is 5.54. The Hall–Kier alpha value is -1.64. The molecular weight excluding hydrogens is 224 g/mol. The van der Waals surface area contributed by atoms with Crippen LogP contribution < -0.4 is 0 Å². The first-order chi connectivity index (χ1) is 8.77. The molecule has 0 aliphatic carbocycles. The average molecular weight is 242 g/mol. The highest BCUT2D eigenvalue weighted by atomic mass is 16.5. The molecule has 0 spiro atoms. The lowest BCUT2D eigenvalue weighted by Gasteiger charge is -2.14. The first-order valence-corrected chi connectivity index (χ1v) is 6.12. The number of hydrogen-bond donors (Lipinski definition) is 1. The van der Waals surface area contributed by atoms with Crippen LogP contribution in [0.3, 0.4) is 0 Å². The molecule has 0 aliphatic heterocycles. The van der Waals surface area contributed by atoms with Crippen molar-refractivity contribution in [1.29, 1.82) is 0 Å². The number of hydrogen-bond acceptors (Lipinski definition) is 2. The highest BCUT2D eigenvalue weighted by molar-refractivity contribution is 5.27. The molecule has 0 heterocycles. The summed E-state index contributed by atoms with van der Waals surface area (Å²) in [7, 11) is 0. The summed E-state index contributed by atoms with van der Waals surface area (Å²) in [6.07, 6.45) is -0.560. The van der Waals surface area contributed by atoms with Gasteiger partial charge < -0.3 is 9.84 Å². The van der Waals surface area contributed by atoms with Crippen LogP contribution in [0.4, 0.5) is 0 Å². The van der Waals surface area contributed by atoms with Gasteiger partial charge in [0, 0.05) is 0 Å². The molecule has 0 aromatic heterocycles. The Morgan fingerprint density at radius 2 is 1.67 bits per heavy atom. The summed E-state index contributed by atoms with van der Waals surface area (Å²) in [6, 6.07) is 17.8. The Balaban J connectivity index is 1.86. The molecule has 2 heteroatoms. The van der Waals surface area contributed by atoms with E-state index in [1.54, 1.807) is 0 Å². The zero-order chi connectivity index (χ0) is 12.8. The zero-order valence-electron chi connectivity index (χ0n) is 10.5. The van der Waals surface area contributed by atoms with E-state index in [-0.39, 0.29) is 0 Å². The van der Waals surface area contributed by atoms with Gasteiger partial charge in [0.15, 0.2) is 0 Å². The van der Waals surface area contributed by atoms with E-state index in [9.17, 15) is 5.11 Å². The molecule has 1 N–H and O–H groups in total. The lowest BCUT2D eigenvalue weighted by Crippen LogP contribution is -2.08. The number of aliphatic hydroxyl groups is 1. The lowest BCUT2D eigenvalue weighted by molar-refractivity contribution is 0.0274. The van der Waals surface area contributed by atoms with Gasteiger partial charge in [-0.3, -0.25) is 0 Å². The first-order valence-electron chi connectivity index (χ1n) is 6.12. The molecule has 2 aromatic carbocycles. The van der Waals surface area contributed by atoms with Crippen molar-refractivity contribution in [1.82, 2.24) is 0 Å². The largest absolute Gasteiger partial charge is 0.386 e. The molecular formula is C16H18O2. The number of rotatable bonds is 5. The van der Waals surface area contributed by atoms with E-state index in [4.69, 9.17) is 4.74 Å². The van der Waals surface area contributed by atoms with Gasteiger partial charge in [-0.25, -0.2) is 0 Å². The Labute approximate surface area is 108 Å². The number of aliphatic hydroxyl groups excluding tert-OH is 1. The van der Waals surface area contributed by atoms with Crippen molar-refractivity contribution in [3.63, 3.8) is 0 Å². The van der Waals surface area contributed by atoms with Gasteiger partial charge in [0.25, 0.3) is 0 Å². The van der Waals surface area contributed by atoms with Crippen molar-refractivity contribution in [3.05, 3.63) is 71.3 Å². The summed E-state index contributed by atoms with van der Waals surface area (Å²) in [5.74, 6) is 0. The molecule has 0 saturated heterocycles. The van der Waals surface area contributed by atoms with Crippen LogP contribution in [0.2, 0.25) is 0 Å². The fourth-order valence-electron chi connectivity index (χ4n) is 1.91. The van der Waals surface area contributed by atoms with Crippen LogP contribution in [-0.2, 0) is 11.3 Å². The van der Waals surface area contributed by atoms with Gasteiger partial charge in [-0.1, -0.05) is 54.6 Å². The average Bonchev–Trinajstić information content (AvgIpc) is 2.40. The van der Waals surface area contributed by atoms with Gasteiger partial charge in [-0.15, -0.1) is 0 Å². The summed E-state index contributed by atoms with van der Waals surface area (Å²) in [6.45, 7) is 2.85. The molecule has 2 aromatic rings. The van der Waals surface area contributed by atoms with Crippen molar-refractivity contribution in [2.24, 2.45) is 0 Å². The van der Waals surface area contributed by atoms with Crippen LogP contribution in [0.1, 0.15) is 22.8 Å². The van der Waals surface area contributed by atoms with Gasteiger partial charge >= 0.3 is 0 Å². The molecule has 2 nitrogen and oxygen atoms in total. The summed E-state index contributed by atoms with van der Waals surface area (Å²) in [5, 5.41) is 10.1. The Bertz CT molecular complexity index is 479. The van der Waals surface area contributed by atoms with Gasteiger partial charge in [0.05, 0.1) is 13.2 Å². The van der Waals surface area contributed by atoms with Crippen molar-refractivity contribution in [2.75, 3.05) is 6.61 Å². The Morgan fingerprint density at radius 1 is 1.00 bits per heavy atom. The fourth-order valence-corrected chi connectivity index (χ4v) is 1.91. The summed E-state index contributed by atoms with van der Waals surface area (Å²) >= 11 is 0. The van der Waals surface area contributed by atoms with Crippen molar-refractivity contribution < 1.29 is 9.84 Å². The summed E-state index contributed by atoms with van der Waals surface area (Å²) in [5.41, 5.74) is 3.15. The minimum Gasteiger partial charge on any atom is -0.386 e. The minimum absolute atomic E-state index is 0.319. The molecule has 0 bridgehead atoms.